The van der Waals surface area contributed by atoms with Crippen LogP contribution >= 0.6 is 15.9 Å². The molecule has 0 heterocycles. The third-order valence-electron chi connectivity index (χ3n) is 2.24. The van der Waals surface area contributed by atoms with Crippen molar-refractivity contribution in [2.24, 2.45) is 5.73 Å². The van der Waals surface area contributed by atoms with Crippen molar-refractivity contribution in [3.8, 4) is 0 Å². The Morgan fingerprint density at radius 1 is 1.33 bits per heavy atom. The first kappa shape index (κ1) is 17.3. The highest BCUT2D eigenvalue weighted by Crippen LogP contribution is 2.24. The number of rotatable bonds is 6. The number of hydrogen-bond acceptors (Lipinski definition) is 4. The molecule has 1 aromatic carbocycles. The zero-order chi connectivity index (χ0) is 16.2. The molecule has 5 N–H and O–H groups in total. The van der Waals surface area contributed by atoms with Crippen molar-refractivity contribution in [3.05, 3.63) is 28.0 Å². The van der Waals surface area contributed by atoms with Crippen LogP contribution in [0.2, 0.25) is 0 Å². The first-order valence-corrected chi connectivity index (χ1v) is 7.68. The Bertz CT molecular complexity index is 680. The number of aromatic carboxylic acids is 1. The molecule has 0 aliphatic carbocycles. The molecule has 116 valence electrons. The maximum atomic E-state index is 13.9. The average molecular weight is 384 g/mol. The highest BCUT2D eigenvalue weighted by molar-refractivity contribution is 9.10. The van der Waals surface area contributed by atoms with Gasteiger partial charge in [-0.3, -0.25) is 0 Å². The smallest absolute Gasteiger partial charge is 0.338 e. The largest absolute Gasteiger partial charge is 0.478 e. The molecule has 0 atom stereocenters. The number of primary amides is 1. The van der Waals surface area contributed by atoms with Gasteiger partial charge in [0.1, 0.15) is 4.90 Å². The molecule has 0 radical (unpaired) electrons. The van der Waals surface area contributed by atoms with Crippen LogP contribution in [-0.4, -0.2) is 38.6 Å². The topological polar surface area (TPSA) is 139 Å². The summed E-state index contributed by atoms with van der Waals surface area (Å²) in [7, 11) is -4.28. The molecule has 8 nitrogen and oxygen atoms in total. The minimum atomic E-state index is -4.28. The van der Waals surface area contributed by atoms with E-state index in [9.17, 15) is 22.4 Å². The standard InChI is InChI=1S/C10H11BrFN3O5S/c11-5-3-6(9(16)17)8(12)7(4-5)21(19,20)15-2-1-14-10(13)18/h3-4,15H,1-2H2,(H,16,17)(H3,13,14,18). The van der Waals surface area contributed by atoms with Crippen LogP contribution in [0.15, 0.2) is 21.5 Å². The molecule has 0 bridgehead atoms. The summed E-state index contributed by atoms with van der Waals surface area (Å²) in [6.45, 7) is -0.338. The molecule has 0 aliphatic heterocycles. The molecule has 21 heavy (non-hydrogen) atoms. The van der Waals surface area contributed by atoms with Gasteiger partial charge in [0.25, 0.3) is 0 Å². The average Bonchev–Trinajstić information content (AvgIpc) is 2.36. The van der Waals surface area contributed by atoms with Crippen LogP contribution in [-0.2, 0) is 10.0 Å². The number of hydrogen-bond donors (Lipinski definition) is 4. The lowest BCUT2D eigenvalue weighted by molar-refractivity contribution is 0.0691. The third-order valence-corrected chi connectivity index (χ3v) is 4.16. The van der Waals surface area contributed by atoms with Gasteiger partial charge in [-0.15, -0.1) is 0 Å². The molecular formula is C10H11BrFN3O5S. The Balaban J connectivity index is 3.03. The van der Waals surface area contributed by atoms with Gasteiger partial charge in [-0.05, 0) is 12.1 Å². The highest BCUT2D eigenvalue weighted by atomic mass is 79.9. The summed E-state index contributed by atoms with van der Waals surface area (Å²) >= 11 is 2.91. The summed E-state index contributed by atoms with van der Waals surface area (Å²) in [6, 6.07) is 1.05. The lowest BCUT2D eigenvalue weighted by Crippen LogP contribution is -2.37. The van der Waals surface area contributed by atoms with E-state index in [1.54, 1.807) is 0 Å². The molecule has 11 heteroatoms. The number of nitrogens with two attached hydrogens (primary N) is 1. The van der Waals surface area contributed by atoms with Crippen molar-refractivity contribution in [3.63, 3.8) is 0 Å². The van der Waals surface area contributed by atoms with Crippen molar-refractivity contribution < 1.29 is 27.5 Å². The van der Waals surface area contributed by atoms with E-state index in [0.717, 1.165) is 12.1 Å². The first-order valence-electron chi connectivity index (χ1n) is 5.40. The molecule has 1 rings (SSSR count). The zero-order valence-electron chi connectivity index (χ0n) is 10.4. The van der Waals surface area contributed by atoms with Gasteiger partial charge in [-0.2, -0.15) is 0 Å². The normalized spacial score (nSPS) is 11.1. The lowest BCUT2D eigenvalue weighted by atomic mass is 10.2. The number of carbonyl (C=O) groups is 2. The van der Waals surface area contributed by atoms with Crippen LogP contribution in [0.1, 0.15) is 10.4 Å². The second kappa shape index (κ2) is 6.83. The van der Waals surface area contributed by atoms with Crippen LogP contribution in [0.3, 0.4) is 0 Å². The van der Waals surface area contributed by atoms with Gasteiger partial charge in [0.15, 0.2) is 5.82 Å². The quantitative estimate of drug-likeness (QED) is 0.520. The molecule has 0 aliphatic rings. The van der Waals surface area contributed by atoms with Gasteiger partial charge in [0, 0.05) is 17.6 Å². The Hall–Kier alpha value is -1.72. The van der Waals surface area contributed by atoms with Crippen LogP contribution in [0.5, 0.6) is 0 Å². The molecule has 0 fully saturated rings. The Kier molecular flexibility index (Phi) is 5.63. The number of halogens is 2. The fourth-order valence-electron chi connectivity index (χ4n) is 1.36. The highest BCUT2D eigenvalue weighted by Gasteiger charge is 2.24. The van der Waals surface area contributed by atoms with Crippen molar-refractivity contribution in [2.45, 2.75) is 4.90 Å². The lowest BCUT2D eigenvalue weighted by Gasteiger charge is -2.10. The molecule has 0 aromatic heterocycles. The van der Waals surface area contributed by atoms with Crippen LogP contribution in [0, 0.1) is 5.82 Å². The van der Waals surface area contributed by atoms with E-state index >= 15 is 0 Å². The zero-order valence-corrected chi connectivity index (χ0v) is 12.8. The first-order chi connectivity index (χ1) is 9.65. The minimum Gasteiger partial charge on any atom is -0.478 e. The summed E-state index contributed by atoms with van der Waals surface area (Å²) in [5, 5.41) is 11.0. The fourth-order valence-corrected chi connectivity index (χ4v) is 3.13. The summed E-state index contributed by atoms with van der Waals surface area (Å²) in [5.74, 6) is -2.97. The molecule has 2 amide bonds. The summed E-state index contributed by atoms with van der Waals surface area (Å²) in [4.78, 5) is 20.5. The molecule has 0 saturated heterocycles. The van der Waals surface area contributed by atoms with Crippen LogP contribution in [0.4, 0.5) is 9.18 Å². The van der Waals surface area contributed by atoms with Gasteiger partial charge in [0.2, 0.25) is 10.0 Å². The van der Waals surface area contributed by atoms with Crippen molar-refractivity contribution in [1.82, 2.24) is 10.0 Å². The minimum absolute atomic E-state index is 0.0944. The van der Waals surface area contributed by atoms with Gasteiger partial charge >= 0.3 is 12.0 Å². The predicted molar refractivity (Wildman–Crippen MR) is 73.8 cm³/mol. The molecule has 1 aromatic rings. The Labute approximate surface area is 127 Å². The van der Waals surface area contributed by atoms with Crippen molar-refractivity contribution in [1.29, 1.82) is 0 Å². The number of carbonyl (C=O) groups excluding carboxylic acids is 1. The van der Waals surface area contributed by atoms with E-state index in [1.165, 1.54) is 0 Å². The van der Waals surface area contributed by atoms with Gasteiger partial charge in [-0.1, -0.05) is 15.9 Å². The number of nitrogens with one attached hydrogen (secondary N) is 2. The second-order valence-electron chi connectivity index (χ2n) is 3.76. The number of sulfonamides is 1. The maximum Gasteiger partial charge on any atom is 0.338 e. The molecular weight excluding hydrogens is 373 g/mol. The summed E-state index contributed by atoms with van der Waals surface area (Å²) < 4.78 is 39.9. The number of amides is 2. The van der Waals surface area contributed by atoms with Crippen molar-refractivity contribution >= 4 is 38.0 Å². The third kappa shape index (κ3) is 4.65. The summed E-state index contributed by atoms with van der Waals surface area (Å²) in [6.07, 6.45) is 0. The van der Waals surface area contributed by atoms with Crippen LogP contribution in [0.25, 0.3) is 0 Å². The van der Waals surface area contributed by atoms with Gasteiger partial charge in [-0.25, -0.2) is 27.1 Å². The molecule has 0 unspecified atom stereocenters. The van der Waals surface area contributed by atoms with E-state index < -0.39 is 38.3 Å². The summed E-state index contributed by atoms with van der Waals surface area (Å²) in [5.41, 5.74) is 4.01. The van der Waals surface area contributed by atoms with E-state index in [0.29, 0.717) is 0 Å². The predicted octanol–water partition coefficient (Wildman–Crippen LogP) is 0.233. The maximum absolute atomic E-state index is 13.9. The Morgan fingerprint density at radius 3 is 2.48 bits per heavy atom. The molecule has 0 spiro atoms. The SMILES string of the molecule is NC(=O)NCCNS(=O)(=O)c1cc(Br)cc(C(=O)O)c1F. The number of carboxylic acid groups (broad SMARTS) is 1. The number of benzene rings is 1. The number of carboxylic acids is 1. The Morgan fingerprint density at radius 2 is 1.95 bits per heavy atom. The molecule has 0 saturated carbocycles. The second-order valence-corrected chi connectivity index (χ2v) is 6.41. The van der Waals surface area contributed by atoms with Gasteiger partial charge < -0.3 is 16.2 Å². The van der Waals surface area contributed by atoms with E-state index in [1.807, 2.05) is 4.72 Å². The van der Waals surface area contributed by atoms with E-state index in [-0.39, 0.29) is 17.6 Å². The fraction of sp³-hybridized carbons (Fsp3) is 0.200. The number of urea groups is 1. The van der Waals surface area contributed by atoms with E-state index in [2.05, 4.69) is 21.2 Å². The van der Waals surface area contributed by atoms with Gasteiger partial charge in [0.05, 0.1) is 5.56 Å². The monoisotopic (exact) mass is 383 g/mol. The van der Waals surface area contributed by atoms with Crippen LogP contribution < -0.4 is 15.8 Å². The van der Waals surface area contributed by atoms with E-state index in [4.69, 9.17) is 10.8 Å². The van der Waals surface area contributed by atoms with Crippen molar-refractivity contribution in [2.75, 3.05) is 13.1 Å².